The van der Waals surface area contributed by atoms with Crippen LogP contribution in [0.4, 0.5) is 18.9 Å². The number of rotatable bonds is 3. The Kier molecular flexibility index (Phi) is 4.31. The van der Waals surface area contributed by atoms with E-state index in [1.165, 1.54) is 23.1 Å². The highest BCUT2D eigenvalue weighted by atomic mass is 32.2. The van der Waals surface area contributed by atoms with E-state index in [0.29, 0.717) is 0 Å². The summed E-state index contributed by atoms with van der Waals surface area (Å²) in [7, 11) is -3.28. The first-order chi connectivity index (χ1) is 11.7. The molecule has 0 spiro atoms. The van der Waals surface area contributed by atoms with Crippen molar-refractivity contribution in [2.45, 2.75) is 12.6 Å². The second kappa shape index (κ2) is 6.17. The number of sulfone groups is 1. The number of carbonyl (C=O) groups is 1. The highest BCUT2D eigenvalue weighted by molar-refractivity contribution is 7.91. The summed E-state index contributed by atoms with van der Waals surface area (Å²) >= 11 is 0. The molecule has 0 aliphatic carbocycles. The number of benzene rings is 1. The van der Waals surface area contributed by atoms with Crippen LogP contribution in [0.25, 0.3) is 5.69 Å². The second-order valence-corrected chi connectivity index (χ2v) is 8.00. The van der Waals surface area contributed by atoms with E-state index in [1.54, 1.807) is 6.07 Å². The molecule has 3 rings (SSSR count). The number of hydrogen-bond donors (Lipinski definition) is 1. The Labute approximate surface area is 141 Å². The highest BCUT2D eigenvalue weighted by Gasteiger charge is 2.34. The van der Waals surface area contributed by atoms with Crippen LogP contribution in [-0.4, -0.2) is 35.6 Å². The van der Waals surface area contributed by atoms with Gasteiger partial charge in [0, 0.05) is 12.4 Å². The minimum atomic E-state index is -4.57. The summed E-state index contributed by atoms with van der Waals surface area (Å²) in [6.45, 7) is 0. The van der Waals surface area contributed by atoms with Crippen molar-refractivity contribution in [3.05, 3.63) is 42.2 Å². The molecule has 2 heterocycles. The first-order valence-electron chi connectivity index (χ1n) is 7.38. The highest BCUT2D eigenvalue weighted by Crippen LogP contribution is 2.33. The van der Waals surface area contributed by atoms with Crippen molar-refractivity contribution in [1.82, 2.24) is 9.78 Å². The fourth-order valence-corrected chi connectivity index (χ4v) is 4.40. The van der Waals surface area contributed by atoms with Crippen molar-refractivity contribution in [2.24, 2.45) is 5.92 Å². The predicted molar refractivity (Wildman–Crippen MR) is 84.0 cm³/mol. The van der Waals surface area contributed by atoms with Gasteiger partial charge in [0.2, 0.25) is 5.91 Å². The topological polar surface area (TPSA) is 81.1 Å². The van der Waals surface area contributed by atoms with Crippen molar-refractivity contribution < 1.29 is 26.4 Å². The van der Waals surface area contributed by atoms with Gasteiger partial charge in [-0.3, -0.25) is 4.79 Å². The standard InChI is InChI=1S/C15H14F3N3O3S/c16-15(17,18)11-2-3-13(21-6-1-5-19-21)12(8-11)20-14(22)10-4-7-25(23,24)9-10/h1-3,5-6,8,10H,4,7,9H2,(H,20,22). The molecule has 134 valence electrons. The van der Waals surface area contributed by atoms with Gasteiger partial charge in [-0.25, -0.2) is 13.1 Å². The van der Waals surface area contributed by atoms with Crippen LogP contribution in [0.3, 0.4) is 0 Å². The van der Waals surface area contributed by atoms with E-state index in [-0.39, 0.29) is 29.3 Å². The van der Waals surface area contributed by atoms with Gasteiger partial charge in [0.1, 0.15) is 0 Å². The molecule has 10 heteroatoms. The fraction of sp³-hybridized carbons (Fsp3) is 0.333. The average Bonchev–Trinajstić information content (AvgIpc) is 3.15. The summed E-state index contributed by atoms with van der Waals surface area (Å²) in [4.78, 5) is 12.3. The van der Waals surface area contributed by atoms with Gasteiger partial charge in [-0.05, 0) is 30.7 Å². The van der Waals surface area contributed by atoms with Gasteiger partial charge >= 0.3 is 6.18 Å². The molecule has 6 nitrogen and oxygen atoms in total. The minimum Gasteiger partial charge on any atom is -0.324 e. The maximum absolute atomic E-state index is 13.0. The third-order valence-electron chi connectivity index (χ3n) is 3.94. The molecule has 1 saturated heterocycles. The molecule has 1 aromatic heterocycles. The Hall–Kier alpha value is -2.36. The number of nitrogens with zero attached hydrogens (tertiary/aromatic N) is 2. The summed E-state index contributed by atoms with van der Waals surface area (Å²) in [5.74, 6) is -1.78. The molecular formula is C15H14F3N3O3S. The molecule has 1 N–H and O–H groups in total. The van der Waals surface area contributed by atoms with Gasteiger partial charge in [-0.2, -0.15) is 18.3 Å². The smallest absolute Gasteiger partial charge is 0.324 e. The number of anilines is 1. The molecule has 0 bridgehead atoms. The first kappa shape index (κ1) is 17.5. The maximum atomic E-state index is 13.0. The maximum Gasteiger partial charge on any atom is 0.416 e. The Balaban J connectivity index is 1.94. The Morgan fingerprint density at radius 2 is 2.08 bits per heavy atom. The number of carbonyl (C=O) groups excluding carboxylic acids is 1. The quantitative estimate of drug-likeness (QED) is 0.895. The van der Waals surface area contributed by atoms with Gasteiger partial charge in [-0.15, -0.1) is 0 Å². The molecular weight excluding hydrogens is 359 g/mol. The number of alkyl halides is 3. The van der Waals surface area contributed by atoms with Crippen LogP contribution in [0.2, 0.25) is 0 Å². The molecule has 1 amide bonds. The van der Waals surface area contributed by atoms with Crippen LogP contribution in [0.1, 0.15) is 12.0 Å². The molecule has 1 atom stereocenters. The molecule has 0 saturated carbocycles. The zero-order valence-electron chi connectivity index (χ0n) is 12.8. The molecule has 2 aromatic rings. The van der Waals surface area contributed by atoms with Crippen LogP contribution in [0.15, 0.2) is 36.7 Å². The molecule has 1 aliphatic heterocycles. The number of aromatic nitrogens is 2. The summed E-state index contributed by atoms with van der Waals surface area (Å²) < 4.78 is 63.2. The molecule has 1 unspecified atom stereocenters. The monoisotopic (exact) mass is 373 g/mol. The average molecular weight is 373 g/mol. The first-order valence-corrected chi connectivity index (χ1v) is 9.20. The minimum absolute atomic E-state index is 0.0761. The Bertz CT molecular complexity index is 892. The van der Waals surface area contributed by atoms with Crippen LogP contribution in [-0.2, 0) is 20.8 Å². The predicted octanol–water partition coefficient (Wildman–Crippen LogP) is 2.26. The van der Waals surface area contributed by atoms with E-state index in [9.17, 15) is 26.4 Å². The van der Waals surface area contributed by atoms with Crippen molar-refractivity contribution >= 4 is 21.4 Å². The Morgan fingerprint density at radius 1 is 1.32 bits per heavy atom. The summed E-state index contributed by atoms with van der Waals surface area (Å²) in [6.07, 6.45) is -1.44. The van der Waals surface area contributed by atoms with E-state index in [2.05, 4.69) is 10.4 Å². The third kappa shape index (κ3) is 3.84. The van der Waals surface area contributed by atoms with Crippen LogP contribution in [0.5, 0.6) is 0 Å². The lowest BCUT2D eigenvalue weighted by Gasteiger charge is -2.16. The van der Waals surface area contributed by atoms with E-state index in [4.69, 9.17) is 0 Å². The van der Waals surface area contributed by atoms with Gasteiger partial charge < -0.3 is 5.32 Å². The van der Waals surface area contributed by atoms with Gasteiger partial charge in [0.05, 0.1) is 34.4 Å². The zero-order chi connectivity index (χ0) is 18.2. The summed E-state index contributed by atoms with van der Waals surface area (Å²) in [5.41, 5.74) is -0.738. The lowest BCUT2D eigenvalue weighted by atomic mass is 10.1. The molecule has 25 heavy (non-hydrogen) atoms. The lowest BCUT2D eigenvalue weighted by molar-refractivity contribution is -0.137. The number of halogens is 3. The lowest BCUT2D eigenvalue weighted by Crippen LogP contribution is -2.24. The second-order valence-electron chi connectivity index (χ2n) is 5.77. The fourth-order valence-electron chi connectivity index (χ4n) is 2.66. The molecule has 1 aliphatic rings. The van der Waals surface area contributed by atoms with Crippen molar-refractivity contribution in [1.29, 1.82) is 0 Å². The number of amides is 1. The largest absolute Gasteiger partial charge is 0.416 e. The van der Waals surface area contributed by atoms with Crippen LogP contribution < -0.4 is 5.32 Å². The Morgan fingerprint density at radius 3 is 2.64 bits per heavy atom. The van der Waals surface area contributed by atoms with E-state index >= 15 is 0 Å². The van der Waals surface area contributed by atoms with Crippen molar-refractivity contribution in [3.63, 3.8) is 0 Å². The van der Waals surface area contributed by atoms with Crippen molar-refractivity contribution in [3.8, 4) is 5.69 Å². The normalized spacial score (nSPS) is 19.7. The van der Waals surface area contributed by atoms with E-state index in [1.807, 2.05) is 0 Å². The SMILES string of the molecule is O=C(Nc1cc(C(F)(F)F)ccc1-n1cccn1)C1CCS(=O)(=O)C1. The number of nitrogens with one attached hydrogen (secondary N) is 1. The van der Waals surface area contributed by atoms with Crippen LogP contribution in [0, 0.1) is 5.92 Å². The summed E-state index contributed by atoms with van der Waals surface area (Å²) in [6, 6.07) is 4.51. The molecule has 1 fully saturated rings. The van der Waals surface area contributed by atoms with Crippen molar-refractivity contribution in [2.75, 3.05) is 16.8 Å². The van der Waals surface area contributed by atoms with Gasteiger partial charge in [-0.1, -0.05) is 0 Å². The van der Waals surface area contributed by atoms with Gasteiger partial charge in [0.15, 0.2) is 9.84 Å². The van der Waals surface area contributed by atoms with E-state index in [0.717, 1.165) is 12.1 Å². The van der Waals surface area contributed by atoms with E-state index < -0.39 is 33.4 Å². The van der Waals surface area contributed by atoms with Crippen LogP contribution >= 0.6 is 0 Å². The summed E-state index contributed by atoms with van der Waals surface area (Å²) in [5, 5.41) is 6.38. The molecule has 0 radical (unpaired) electrons. The molecule has 1 aromatic carbocycles. The zero-order valence-corrected chi connectivity index (χ0v) is 13.6. The third-order valence-corrected chi connectivity index (χ3v) is 5.70. The number of hydrogen-bond acceptors (Lipinski definition) is 4. The van der Waals surface area contributed by atoms with Gasteiger partial charge in [0.25, 0.3) is 0 Å².